The van der Waals surface area contributed by atoms with Crippen LogP contribution in [-0.2, 0) is 52.1 Å². The molecular formula is C32H65NO12. The first-order valence-corrected chi connectivity index (χ1v) is 16.7. The van der Waals surface area contributed by atoms with Crippen molar-refractivity contribution in [3.8, 4) is 0 Å². The minimum absolute atomic E-state index is 0.386. The summed E-state index contributed by atoms with van der Waals surface area (Å²) in [5.74, 6) is 0. The molecule has 270 valence electrons. The van der Waals surface area contributed by atoms with Gasteiger partial charge in [0, 0.05) is 13.2 Å². The van der Waals surface area contributed by atoms with Gasteiger partial charge in [-0.05, 0) is 27.2 Å². The minimum Gasteiger partial charge on any atom is -0.444 e. The molecule has 0 aliphatic rings. The number of nitrogens with one attached hydrogen (secondary N) is 1. The molecule has 0 spiro atoms. The smallest absolute Gasteiger partial charge is 0.407 e. The summed E-state index contributed by atoms with van der Waals surface area (Å²) in [5, 5.41) is 2.63. The van der Waals surface area contributed by atoms with E-state index in [2.05, 4.69) is 12.2 Å². The second kappa shape index (κ2) is 35.7. The monoisotopic (exact) mass is 655 g/mol. The molecular weight excluding hydrogens is 590 g/mol. The van der Waals surface area contributed by atoms with Crippen LogP contribution in [0, 0.1) is 0 Å². The zero-order chi connectivity index (χ0) is 32.9. The predicted molar refractivity (Wildman–Crippen MR) is 171 cm³/mol. The Bertz CT molecular complexity index is 595. The van der Waals surface area contributed by atoms with E-state index in [9.17, 15) is 4.79 Å². The zero-order valence-electron chi connectivity index (χ0n) is 28.8. The lowest BCUT2D eigenvalue weighted by Gasteiger charge is -2.19. The van der Waals surface area contributed by atoms with E-state index in [0.717, 1.165) is 13.0 Å². The first-order valence-electron chi connectivity index (χ1n) is 16.7. The first kappa shape index (κ1) is 43.9. The summed E-state index contributed by atoms with van der Waals surface area (Å²) < 4.78 is 59.9. The predicted octanol–water partition coefficient (Wildman–Crippen LogP) is 3.65. The van der Waals surface area contributed by atoms with Crippen LogP contribution in [0.25, 0.3) is 0 Å². The zero-order valence-corrected chi connectivity index (χ0v) is 28.8. The molecule has 0 aromatic heterocycles. The number of alkyl carbamates (subject to hydrolysis) is 1. The van der Waals surface area contributed by atoms with Gasteiger partial charge < -0.3 is 57.4 Å². The number of hydrogen-bond acceptors (Lipinski definition) is 12. The van der Waals surface area contributed by atoms with Crippen molar-refractivity contribution in [1.29, 1.82) is 0 Å². The van der Waals surface area contributed by atoms with Gasteiger partial charge in [0.05, 0.1) is 126 Å². The normalized spacial score (nSPS) is 11.7. The van der Waals surface area contributed by atoms with Crippen molar-refractivity contribution in [2.45, 2.75) is 65.4 Å². The molecule has 0 aliphatic carbocycles. The molecule has 0 aromatic rings. The summed E-state index contributed by atoms with van der Waals surface area (Å²) in [6.07, 6.45) is 5.82. The molecule has 0 rings (SSSR count). The second-order valence-corrected chi connectivity index (χ2v) is 11.0. The van der Waals surface area contributed by atoms with Gasteiger partial charge in [-0.15, -0.1) is 0 Å². The molecule has 1 N–H and O–H groups in total. The molecule has 45 heavy (non-hydrogen) atoms. The molecule has 0 aromatic carbocycles. The SMILES string of the molecule is CCCCCCCOCCOCCOCCOCCOCCOCCOCCOCCOCCOCCNC(=O)OC(C)(C)C. The van der Waals surface area contributed by atoms with Gasteiger partial charge in [-0.3, -0.25) is 0 Å². The number of hydrogen-bond donors (Lipinski definition) is 1. The van der Waals surface area contributed by atoms with E-state index in [0.29, 0.717) is 132 Å². The lowest BCUT2D eigenvalue weighted by atomic mass is 10.2. The second-order valence-electron chi connectivity index (χ2n) is 11.0. The van der Waals surface area contributed by atoms with E-state index in [1.165, 1.54) is 25.7 Å². The Hall–Kier alpha value is -1.13. The van der Waals surface area contributed by atoms with Gasteiger partial charge in [0.25, 0.3) is 0 Å². The summed E-state index contributed by atoms with van der Waals surface area (Å²) in [4.78, 5) is 11.5. The lowest BCUT2D eigenvalue weighted by Crippen LogP contribution is -2.34. The van der Waals surface area contributed by atoms with Crippen LogP contribution in [0.4, 0.5) is 4.79 Å². The third-order valence-corrected chi connectivity index (χ3v) is 5.65. The summed E-state index contributed by atoms with van der Waals surface area (Å²) in [6, 6.07) is 0. The van der Waals surface area contributed by atoms with Gasteiger partial charge in [0.15, 0.2) is 0 Å². The van der Waals surface area contributed by atoms with Crippen molar-refractivity contribution < 1.29 is 56.9 Å². The van der Waals surface area contributed by atoms with Crippen LogP contribution in [0.15, 0.2) is 0 Å². The molecule has 0 atom stereocenters. The maximum atomic E-state index is 11.5. The Morgan fingerprint density at radius 2 is 0.711 bits per heavy atom. The molecule has 13 heteroatoms. The van der Waals surface area contributed by atoms with Crippen molar-refractivity contribution >= 4 is 6.09 Å². The molecule has 0 saturated carbocycles. The highest BCUT2D eigenvalue weighted by molar-refractivity contribution is 5.67. The van der Waals surface area contributed by atoms with Crippen molar-refractivity contribution in [1.82, 2.24) is 5.32 Å². The average molecular weight is 656 g/mol. The highest BCUT2D eigenvalue weighted by atomic mass is 16.6. The van der Waals surface area contributed by atoms with Crippen molar-refractivity contribution in [2.75, 3.05) is 139 Å². The number of carbonyl (C=O) groups excluding carboxylic acids is 1. The standard InChI is InChI=1S/C32H65NO12/c1-5-6-7-8-9-11-35-13-15-37-17-19-39-21-23-41-25-27-43-29-30-44-28-26-42-24-22-40-20-18-38-16-14-36-12-10-33-31(34)45-32(2,3)4/h5-30H2,1-4H3,(H,33,34). The fourth-order valence-electron chi connectivity index (χ4n) is 3.43. The maximum Gasteiger partial charge on any atom is 0.407 e. The Labute approximate surface area is 272 Å². The Kier molecular flexibility index (Phi) is 34.8. The average Bonchev–Trinajstić information content (AvgIpc) is 3.00. The Morgan fingerprint density at radius 1 is 0.422 bits per heavy atom. The van der Waals surface area contributed by atoms with Gasteiger partial charge in [-0.1, -0.05) is 32.6 Å². The molecule has 0 saturated heterocycles. The van der Waals surface area contributed by atoms with E-state index in [4.69, 9.17) is 52.1 Å². The molecule has 0 heterocycles. The van der Waals surface area contributed by atoms with Gasteiger partial charge in [0.1, 0.15) is 5.60 Å². The quantitative estimate of drug-likeness (QED) is 0.0989. The van der Waals surface area contributed by atoms with Crippen molar-refractivity contribution in [3.63, 3.8) is 0 Å². The van der Waals surface area contributed by atoms with Gasteiger partial charge in [-0.2, -0.15) is 0 Å². The number of ether oxygens (including phenoxy) is 11. The molecule has 0 fully saturated rings. The van der Waals surface area contributed by atoms with E-state index in [1.807, 2.05) is 20.8 Å². The minimum atomic E-state index is -0.508. The van der Waals surface area contributed by atoms with Crippen molar-refractivity contribution in [2.24, 2.45) is 0 Å². The number of amides is 1. The largest absolute Gasteiger partial charge is 0.444 e. The molecule has 0 unspecified atom stereocenters. The van der Waals surface area contributed by atoms with Gasteiger partial charge in [-0.25, -0.2) is 4.79 Å². The molecule has 0 radical (unpaired) electrons. The van der Waals surface area contributed by atoms with Crippen LogP contribution in [-0.4, -0.2) is 150 Å². The molecule has 0 bridgehead atoms. The van der Waals surface area contributed by atoms with Crippen LogP contribution in [0.2, 0.25) is 0 Å². The van der Waals surface area contributed by atoms with Crippen LogP contribution in [0.1, 0.15) is 59.8 Å². The molecule has 1 amide bonds. The summed E-state index contributed by atoms with van der Waals surface area (Å²) >= 11 is 0. The molecule has 13 nitrogen and oxygen atoms in total. The maximum absolute atomic E-state index is 11.5. The third kappa shape index (κ3) is 40.8. The number of rotatable bonds is 36. The topological polar surface area (TPSA) is 131 Å². The van der Waals surface area contributed by atoms with Gasteiger partial charge >= 0.3 is 6.09 Å². The van der Waals surface area contributed by atoms with Crippen LogP contribution in [0.3, 0.4) is 0 Å². The summed E-state index contributed by atoms with van der Waals surface area (Å²) in [5.41, 5.74) is -0.508. The highest BCUT2D eigenvalue weighted by Crippen LogP contribution is 2.06. The van der Waals surface area contributed by atoms with E-state index >= 15 is 0 Å². The summed E-state index contributed by atoms with van der Waals surface area (Å²) in [7, 11) is 0. The summed E-state index contributed by atoms with van der Waals surface area (Å²) in [6.45, 7) is 18.6. The van der Waals surface area contributed by atoms with E-state index < -0.39 is 11.7 Å². The first-order chi connectivity index (χ1) is 22.0. The van der Waals surface area contributed by atoms with Crippen LogP contribution in [0.5, 0.6) is 0 Å². The fourth-order valence-corrected chi connectivity index (χ4v) is 3.43. The highest BCUT2D eigenvalue weighted by Gasteiger charge is 2.15. The lowest BCUT2D eigenvalue weighted by molar-refractivity contribution is -0.0264. The Balaban J connectivity index is 3.09. The van der Waals surface area contributed by atoms with E-state index in [-0.39, 0.29) is 0 Å². The number of carbonyl (C=O) groups is 1. The van der Waals surface area contributed by atoms with Crippen LogP contribution < -0.4 is 5.32 Å². The number of unbranched alkanes of at least 4 members (excludes halogenated alkanes) is 4. The van der Waals surface area contributed by atoms with Crippen LogP contribution >= 0.6 is 0 Å². The van der Waals surface area contributed by atoms with E-state index in [1.54, 1.807) is 0 Å². The Morgan fingerprint density at radius 3 is 1.02 bits per heavy atom. The molecule has 0 aliphatic heterocycles. The van der Waals surface area contributed by atoms with Crippen molar-refractivity contribution in [3.05, 3.63) is 0 Å². The third-order valence-electron chi connectivity index (χ3n) is 5.65. The fraction of sp³-hybridized carbons (Fsp3) is 0.969. The van der Waals surface area contributed by atoms with Gasteiger partial charge in [0.2, 0.25) is 0 Å².